The normalized spacial score (nSPS) is 13.2. The Morgan fingerprint density at radius 1 is 0.968 bits per heavy atom. The van der Waals surface area contributed by atoms with Crippen molar-refractivity contribution < 1.29 is 4.79 Å². The summed E-state index contributed by atoms with van der Waals surface area (Å²) in [6, 6.07) is 7.89. The van der Waals surface area contributed by atoms with Crippen molar-refractivity contribution in [3.63, 3.8) is 0 Å². The van der Waals surface area contributed by atoms with Crippen LogP contribution < -0.4 is 17.1 Å². The summed E-state index contributed by atoms with van der Waals surface area (Å²) in [5, 5.41) is 1.06. The number of carbonyl (C=O) groups excluding carboxylic acids is 1. The Balaban J connectivity index is 1.68. The highest BCUT2D eigenvalue weighted by Crippen LogP contribution is 2.27. The topological polar surface area (TPSA) is 102 Å². The van der Waals surface area contributed by atoms with Gasteiger partial charge < -0.3 is 9.88 Å². The summed E-state index contributed by atoms with van der Waals surface area (Å²) in [5.74, 6) is -0.357. The molecular formula is C22H23N5O4. The molecule has 0 saturated heterocycles. The Bertz CT molecular complexity index is 1320. The number of hydrogen-bond donors (Lipinski definition) is 1. The zero-order chi connectivity index (χ0) is 22.1. The van der Waals surface area contributed by atoms with Gasteiger partial charge in [0.1, 0.15) is 6.54 Å². The Kier molecular flexibility index (Phi) is 5.33. The van der Waals surface area contributed by atoms with E-state index in [1.165, 1.54) is 12.2 Å². The first-order chi connectivity index (χ1) is 15.0. The van der Waals surface area contributed by atoms with E-state index in [0.717, 1.165) is 35.9 Å². The average molecular weight is 421 g/mol. The smallest absolute Gasteiger partial charge is 0.337 e. The number of carbonyl (C=O) groups is 1. The Morgan fingerprint density at radius 2 is 1.58 bits per heavy atom. The van der Waals surface area contributed by atoms with Gasteiger partial charge in [0, 0.05) is 41.7 Å². The molecule has 0 atom stereocenters. The van der Waals surface area contributed by atoms with E-state index in [4.69, 9.17) is 0 Å². The quantitative estimate of drug-likeness (QED) is 0.589. The molecule has 0 bridgehead atoms. The van der Waals surface area contributed by atoms with Crippen LogP contribution in [0.25, 0.3) is 10.9 Å². The van der Waals surface area contributed by atoms with Gasteiger partial charge in [-0.05, 0) is 6.07 Å². The second-order valence-corrected chi connectivity index (χ2v) is 7.43. The van der Waals surface area contributed by atoms with Crippen LogP contribution in [0.15, 0.2) is 64.0 Å². The molecule has 31 heavy (non-hydrogen) atoms. The van der Waals surface area contributed by atoms with Crippen LogP contribution in [-0.2, 0) is 37.4 Å². The van der Waals surface area contributed by atoms with Crippen molar-refractivity contribution in [1.82, 2.24) is 23.6 Å². The third-order valence-electron chi connectivity index (χ3n) is 5.54. The SMILES string of the molecule is C=CCn1c(=O)n(CC=C)c(=O)n(CC(=O)N2CCc3[nH]c4ccccc4c3C2)c1=O. The second kappa shape index (κ2) is 8.10. The van der Waals surface area contributed by atoms with Crippen molar-refractivity contribution in [3.05, 3.63) is 92.3 Å². The van der Waals surface area contributed by atoms with E-state index >= 15 is 0 Å². The lowest BCUT2D eigenvalue weighted by Crippen LogP contribution is -2.55. The minimum atomic E-state index is -0.826. The van der Waals surface area contributed by atoms with Gasteiger partial charge in [-0.2, -0.15) is 0 Å². The Morgan fingerprint density at radius 3 is 2.23 bits per heavy atom. The number of hydrogen-bond acceptors (Lipinski definition) is 4. The monoisotopic (exact) mass is 421 g/mol. The molecule has 0 radical (unpaired) electrons. The average Bonchev–Trinajstić information content (AvgIpc) is 3.15. The van der Waals surface area contributed by atoms with Gasteiger partial charge in [0.05, 0.1) is 13.1 Å². The standard InChI is InChI=1S/C22H23N5O4/c1-3-10-25-20(29)26(11-4-2)22(31)27(21(25)30)14-19(28)24-12-9-18-16(13-24)15-7-5-6-8-17(15)23-18/h3-8,23H,1-2,9-14H2. The number of amides is 1. The lowest BCUT2D eigenvalue weighted by atomic mass is 10.0. The van der Waals surface area contributed by atoms with Gasteiger partial charge in [-0.15, -0.1) is 13.2 Å². The number of nitrogens with zero attached hydrogens (tertiary/aromatic N) is 4. The van der Waals surface area contributed by atoms with Crippen LogP contribution in [-0.4, -0.2) is 36.0 Å². The van der Waals surface area contributed by atoms with E-state index in [1.54, 1.807) is 4.90 Å². The fraction of sp³-hybridized carbons (Fsp3) is 0.273. The first-order valence-corrected chi connectivity index (χ1v) is 9.98. The second-order valence-electron chi connectivity index (χ2n) is 7.43. The highest BCUT2D eigenvalue weighted by Gasteiger charge is 2.25. The predicted molar refractivity (Wildman–Crippen MR) is 117 cm³/mol. The zero-order valence-electron chi connectivity index (χ0n) is 17.0. The lowest BCUT2D eigenvalue weighted by Gasteiger charge is -2.27. The predicted octanol–water partition coefficient (Wildman–Crippen LogP) is 0.610. The van der Waals surface area contributed by atoms with E-state index in [-0.39, 0.29) is 19.0 Å². The molecule has 0 spiro atoms. The molecule has 0 unspecified atom stereocenters. The number of benzene rings is 1. The van der Waals surface area contributed by atoms with Crippen molar-refractivity contribution in [2.45, 2.75) is 32.6 Å². The van der Waals surface area contributed by atoms with Crippen molar-refractivity contribution in [2.75, 3.05) is 6.54 Å². The summed E-state index contributed by atoms with van der Waals surface area (Å²) in [6.45, 7) is 7.39. The van der Waals surface area contributed by atoms with Crippen LogP contribution in [0.1, 0.15) is 11.3 Å². The highest BCUT2D eigenvalue weighted by atomic mass is 16.2. The molecule has 1 aliphatic rings. The maximum absolute atomic E-state index is 13.0. The van der Waals surface area contributed by atoms with Gasteiger partial charge in [-0.3, -0.25) is 4.79 Å². The largest absolute Gasteiger partial charge is 0.358 e. The third kappa shape index (κ3) is 3.48. The van der Waals surface area contributed by atoms with E-state index in [1.807, 2.05) is 24.3 Å². The summed E-state index contributed by atoms with van der Waals surface area (Å²) in [6.07, 6.45) is 3.43. The number of nitrogens with one attached hydrogen (secondary N) is 1. The number of para-hydroxylation sites is 1. The maximum atomic E-state index is 13.0. The molecule has 2 aromatic heterocycles. The molecule has 1 aromatic carbocycles. The van der Waals surface area contributed by atoms with E-state index in [9.17, 15) is 19.2 Å². The summed E-state index contributed by atoms with van der Waals surface area (Å²) in [7, 11) is 0. The molecule has 0 aliphatic carbocycles. The van der Waals surface area contributed by atoms with Gasteiger partial charge >= 0.3 is 17.1 Å². The Hall–Kier alpha value is -3.88. The van der Waals surface area contributed by atoms with Gasteiger partial charge in [-0.1, -0.05) is 30.4 Å². The molecule has 9 heteroatoms. The van der Waals surface area contributed by atoms with Crippen LogP contribution in [0.5, 0.6) is 0 Å². The number of rotatable bonds is 6. The molecule has 3 heterocycles. The van der Waals surface area contributed by atoms with Crippen LogP contribution in [0.3, 0.4) is 0 Å². The van der Waals surface area contributed by atoms with Crippen LogP contribution in [0, 0.1) is 0 Å². The molecule has 4 rings (SSSR count). The summed E-state index contributed by atoms with van der Waals surface area (Å²) < 4.78 is 2.58. The lowest BCUT2D eigenvalue weighted by molar-refractivity contribution is -0.132. The van der Waals surface area contributed by atoms with Crippen LogP contribution >= 0.6 is 0 Å². The minimum Gasteiger partial charge on any atom is -0.358 e. The molecule has 0 fully saturated rings. The molecule has 1 aliphatic heterocycles. The third-order valence-corrected chi connectivity index (χ3v) is 5.54. The molecule has 160 valence electrons. The summed E-state index contributed by atoms with van der Waals surface area (Å²) >= 11 is 0. The molecule has 1 N–H and O–H groups in total. The van der Waals surface area contributed by atoms with Gasteiger partial charge in [0.25, 0.3) is 0 Å². The van der Waals surface area contributed by atoms with Crippen molar-refractivity contribution >= 4 is 16.8 Å². The molecule has 0 saturated carbocycles. The highest BCUT2D eigenvalue weighted by molar-refractivity contribution is 5.86. The summed E-state index contributed by atoms with van der Waals surface area (Å²) in [5.41, 5.74) is 0.752. The van der Waals surface area contributed by atoms with Gasteiger partial charge in [-0.25, -0.2) is 28.1 Å². The zero-order valence-corrected chi connectivity index (χ0v) is 17.0. The van der Waals surface area contributed by atoms with Crippen molar-refractivity contribution in [2.24, 2.45) is 0 Å². The van der Waals surface area contributed by atoms with Crippen molar-refractivity contribution in [3.8, 4) is 0 Å². The Labute approximate surface area is 177 Å². The first-order valence-electron chi connectivity index (χ1n) is 9.98. The van der Waals surface area contributed by atoms with Crippen LogP contribution in [0.4, 0.5) is 0 Å². The number of H-pyrrole nitrogens is 1. The fourth-order valence-electron chi connectivity index (χ4n) is 4.00. The first kappa shape index (κ1) is 20.4. The van der Waals surface area contributed by atoms with Gasteiger partial charge in [0.2, 0.25) is 5.91 Å². The minimum absolute atomic E-state index is 0.0638. The van der Waals surface area contributed by atoms with E-state index in [2.05, 4.69) is 18.1 Å². The summed E-state index contributed by atoms with van der Waals surface area (Å²) in [4.78, 5) is 56.1. The van der Waals surface area contributed by atoms with E-state index < -0.39 is 23.6 Å². The number of fused-ring (bicyclic) bond motifs is 3. The molecule has 3 aromatic rings. The number of allylic oxidation sites excluding steroid dienone is 2. The molecular weight excluding hydrogens is 398 g/mol. The van der Waals surface area contributed by atoms with Gasteiger partial charge in [0.15, 0.2) is 0 Å². The maximum Gasteiger partial charge on any atom is 0.337 e. The van der Waals surface area contributed by atoms with Crippen LogP contribution in [0.2, 0.25) is 0 Å². The number of aromatic amines is 1. The number of aromatic nitrogens is 4. The van der Waals surface area contributed by atoms with Crippen molar-refractivity contribution in [1.29, 1.82) is 0 Å². The molecule has 9 nitrogen and oxygen atoms in total. The molecule has 1 amide bonds. The van der Waals surface area contributed by atoms with E-state index in [0.29, 0.717) is 19.5 Å². The fourth-order valence-corrected chi connectivity index (χ4v) is 4.00.